The van der Waals surface area contributed by atoms with Crippen LogP contribution in [-0.2, 0) is 17.8 Å². The molecule has 3 atom stereocenters. The number of ether oxygens (including phenoxy) is 1. The Morgan fingerprint density at radius 1 is 1.43 bits per heavy atom. The first-order valence-corrected chi connectivity index (χ1v) is 7.59. The van der Waals surface area contributed by atoms with Crippen LogP contribution in [-0.4, -0.2) is 29.8 Å². The van der Waals surface area contributed by atoms with Gasteiger partial charge in [0.2, 0.25) is 5.91 Å². The van der Waals surface area contributed by atoms with Crippen LogP contribution in [0.5, 0.6) is 5.75 Å². The summed E-state index contributed by atoms with van der Waals surface area (Å²) in [5.74, 6) is 0.771. The molecule has 5 nitrogen and oxygen atoms in total. The maximum Gasteiger partial charge on any atom is 0.223 e. The zero-order chi connectivity index (χ0) is 14.8. The monoisotopic (exact) mass is 290 g/mol. The van der Waals surface area contributed by atoms with Crippen molar-refractivity contribution in [2.24, 2.45) is 11.7 Å². The van der Waals surface area contributed by atoms with E-state index in [4.69, 9.17) is 10.5 Å². The molecule has 0 radical (unpaired) electrons. The molecule has 1 aromatic carbocycles. The molecule has 4 N–H and O–H groups in total. The van der Waals surface area contributed by atoms with Gasteiger partial charge >= 0.3 is 0 Å². The van der Waals surface area contributed by atoms with E-state index < -0.39 is 6.10 Å². The molecule has 0 spiro atoms. The molecular formula is C16H22N2O3. The van der Waals surface area contributed by atoms with Gasteiger partial charge in [-0.25, -0.2) is 0 Å². The Labute approximate surface area is 124 Å². The van der Waals surface area contributed by atoms with E-state index in [2.05, 4.69) is 11.4 Å². The summed E-state index contributed by atoms with van der Waals surface area (Å²) in [6.07, 6.45) is 2.54. The number of nitrogens with two attached hydrogens (primary N) is 1. The van der Waals surface area contributed by atoms with Crippen molar-refractivity contribution in [2.75, 3.05) is 6.61 Å². The molecule has 21 heavy (non-hydrogen) atoms. The Kier molecular flexibility index (Phi) is 4.12. The predicted octanol–water partition coefficient (Wildman–Crippen LogP) is 0.726. The van der Waals surface area contributed by atoms with E-state index in [-0.39, 0.29) is 17.9 Å². The molecule has 0 aromatic heterocycles. The van der Waals surface area contributed by atoms with Crippen LogP contribution in [0.4, 0.5) is 0 Å². The van der Waals surface area contributed by atoms with E-state index in [9.17, 15) is 9.90 Å². The summed E-state index contributed by atoms with van der Waals surface area (Å²) < 4.78 is 5.58. The smallest absolute Gasteiger partial charge is 0.223 e. The number of fused-ring (bicyclic) bond motifs is 1. The van der Waals surface area contributed by atoms with Crippen LogP contribution in [0.15, 0.2) is 18.2 Å². The number of hydrogen-bond donors (Lipinski definition) is 3. The second-order valence-electron chi connectivity index (χ2n) is 6.01. The number of rotatable bonds is 3. The Morgan fingerprint density at radius 3 is 3.05 bits per heavy atom. The average molecular weight is 290 g/mol. The van der Waals surface area contributed by atoms with Crippen LogP contribution in [0.2, 0.25) is 0 Å². The Balaban J connectivity index is 1.56. The molecule has 1 amide bonds. The van der Waals surface area contributed by atoms with Crippen molar-refractivity contribution >= 4 is 5.91 Å². The maximum absolute atomic E-state index is 12.1. The standard InChI is InChI=1S/C16H22N2O3/c17-13-7-12(8-14(13)19)16(20)18-9-10-3-4-15-11(6-10)2-1-5-21-15/h3-4,6,12-14,19H,1-2,5,7-9,17H2,(H,18,20)/t12-,13+,14+/m0/s1. The fourth-order valence-corrected chi connectivity index (χ4v) is 3.12. The molecule has 114 valence electrons. The van der Waals surface area contributed by atoms with Crippen LogP contribution < -0.4 is 15.8 Å². The van der Waals surface area contributed by atoms with Gasteiger partial charge in [0, 0.05) is 18.5 Å². The summed E-state index contributed by atoms with van der Waals surface area (Å²) in [6.45, 7) is 1.29. The van der Waals surface area contributed by atoms with Gasteiger partial charge in [0.25, 0.3) is 0 Å². The highest BCUT2D eigenvalue weighted by molar-refractivity contribution is 5.79. The molecule has 1 saturated carbocycles. The minimum absolute atomic E-state index is 0.0176. The molecule has 0 unspecified atom stereocenters. The van der Waals surface area contributed by atoms with Gasteiger partial charge in [0.05, 0.1) is 12.7 Å². The number of nitrogens with one attached hydrogen (secondary N) is 1. The lowest BCUT2D eigenvalue weighted by atomic mass is 10.0. The van der Waals surface area contributed by atoms with Gasteiger partial charge in [-0.05, 0) is 42.9 Å². The van der Waals surface area contributed by atoms with Crippen molar-refractivity contribution in [3.05, 3.63) is 29.3 Å². The molecule has 2 aliphatic rings. The van der Waals surface area contributed by atoms with Gasteiger partial charge in [-0.1, -0.05) is 12.1 Å². The van der Waals surface area contributed by atoms with Crippen molar-refractivity contribution in [3.63, 3.8) is 0 Å². The number of carbonyl (C=O) groups is 1. The lowest BCUT2D eigenvalue weighted by molar-refractivity contribution is -0.125. The first kappa shape index (κ1) is 14.4. The third-order valence-electron chi connectivity index (χ3n) is 4.39. The van der Waals surface area contributed by atoms with Crippen molar-refractivity contribution < 1.29 is 14.6 Å². The lowest BCUT2D eigenvalue weighted by Crippen LogP contribution is -2.30. The number of benzene rings is 1. The van der Waals surface area contributed by atoms with Crippen molar-refractivity contribution in [1.29, 1.82) is 0 Å². The second-order valence-corrected chi connectivity index (χ2v) is 6.01. The topological polar surface area (TPSA) is 84.6 Å². The highest BCUT2D eigenvalue weighted by Gasteiger charge is 2.34. The third-order valence-corrected chi connectivity index (χ3v) is 4.39. The van der Waals surface area contributed by atoms with Gasteiger partial charge in [0.15, 0.2) is 0 Å². The second kappa shape index (κ2) is 6.03. The summed E-state index contributed by atoms with van der Waals surface area (Å²) in [7, 11) is 0. The molecule has 1 aliphatic carbocycles. The number of aliphatic hydroxyl groups is 1. The van der Waals surface area contributed by atoms with Crippen LogP contribution in [0.1, 0.15) is 30.4 Å². The molecule has 5 heteroatoms. The van der Waals surface area contributed by atoms with Gasteiger partial charge in [-0.2, -0.15) is 0 Å². The number of carbonyl (C=O) groups excluding carboxylic acids is 1. The summed E-state index contributed by atoms with van der Waals surface area (Å²) >= 11 is 0. The van der Waals surface area contributed by atoms with Crippen LogP contribution in [0.3, 0.4) is 0 Å². The average Bonchev–Trinajstić information content (AvgIpc) is 2.84. The van der Waals surface area contributed by atoms with Crippen LogP contribution in [0, 0.1) is 5.92 Å². The lowest BCUT2D eigenvalue weighted by Gasteiger charge is -2.18. The van der Waals surface area contributed by atoms with Gasteiger partial charge in [0.1, 0.15) is 5.75 Å². The highest BCUT2D eigenvalue weighted by atomic mass is 16.5. The summed E-state index contributed by atoms with van der Waals surface area (Å²) in [5.41, 5.74) is 8.04. The Hall–Kier alpha value is -1.59. The van der Waals surface area contributed by atoms with Crippen LogP contribution in [0.25, 0.3) is 0 Å². The summed E-state index contributed by atoms with van der Waals surface area (Å²) in [5, 5.41) is 12.6. The number of aryl methyl sites for hydroxylation is 1. The summed E-state index contributed by atoms with van der Waals surface area (Å²) in [6, 6.07) is 5.79. The molecule has 1 aliphatic heterocycles. The van der Waals surface area contributed by atoms with Gasteiger partial charge < -0.3 is 20.9 Å². The SMILES string of the molecule is N[C@@H]1C[C@H](C(=O)NCc2ccc3c(c2)CCCO3)C[C@H]1O. The number of amides is 1. The van der Waals surface area contributed by atoms with Crippen molar-refractivity contribution in [3.8, 4) is 5.75 Å². The van der Waals surface area contributed by atoms with Crippen molar-refractivity contribution in [2.45, 2.75) is 44.4 Å². The van der Waals surface area contributed by atoms with E-state index in [0.717, 1.165) is 30.8 Å². The zero-order valence-corrected chi connectivity index (χ0v) is 12.0. The van der Waals surface area contributed by atoms with E-state index in [1.165, 1.54) is 5.56 Å². The quantitative estimate of drug-likeness (QED) is 0.766. The molecule has 0 saturated heterocycles. The largest absolute Gasteiger partial charge is 0.493 e. The number of hydrogen-bond acceptors (Lipinski definition) is 4. The highest BCUT2D eigenvalue weighted by Crippen LogP contribution is 2.26. The normalized spacial score (nSPS) is 27.8. The molecular weight excluding hydrogens is 268 g/mol. The number of aliphatic hydroxyl groups excluding tert-OH is 1. The van der Waals surface area contributed by atoms with Gasteiger partial charge in [-0.3, -0.25) is 4.79 Å². The molecule has 1 aromatic rings. The molecule has 3 rings (SSSR count). The van der Waals surface area contributed by atoms with Crippen molar-refractivity contribution in [1.82, 2.24) is 5.32 Å². The van der Waals surface area contributed by atoms with E-state index in [1.54, 1.807) is 0 Å². The first-order chi connectivity index (χ1) is 10.1. The Bertz CT molecular complexity index is 522. The molecule has 1 heterocycles. The minimum Gasteiger partial charge on any atom is -0.493 e. The fourth-order valence-electron chi connectivity index (χ4n) is 3.12. The zero-order valence-electron chi connectivity index (χ0n) is 12.0. The van der Waals surface area contributed by atoms with E-state index >= 15 is 0 Å². The van der Waals surface area contributed by atoms with Crippen LogP contribution >= 0.6 is 0 Å². The maximum atomic E-state index is 12.1. The first-order valence-electron chi connectivity index (χ1n) is 7.59. The minimum atomic E-state index is -0.554. The Morgan fingerprint density at radius 2 is 2.29 bits per heavy atom. The van der Waals surface area contributed by atoms with Gasteiger partial charge in [-0.15, -0.1) is 0 Å². The molecule has 0 bridgehead atoms. The predicted molar refractivity (Wildman–Crippen MR) is 78.8 cm³/mol. The van der Waals surface area contributed by atoms with E-state index in [0.29, 0.717) is 19.4 Å². The fraction of sp³-hybridized carbons (Fsp3) is 0.562. The summed E-state index contributed by atoms with van der Waals surface area (Å²) in [4.78, 5) is 12.1. The molecule has 1 fully saturated rings. The third kappa shape index (κ3) is 3.19. The van der Waals surface area contributed by atoms with E-state index in [1.807, 2.05) is 12.1 Å².